The van der Waals surface area contributed by atoms with Gasteiger partial charge in [0.05, 0.1) is 0 Å². The van der Waals surface area contributed by atoms with Gasteiger partial charge in [-0.15, -0.1) is 0 Å². The van der Waals surface area contributed by atoms with E-state index < -0.39 is 0 Å². The van der Waals surface area contributed by atoms with Gasteiger partial charge in [-0.1, -0.05) is 69.5 Å². The Hall–Kier alpha value is -1.04. The van der Waals surface area contributed by atoms with Crippen molar-refractivity contribution in [1.29, 1.82) is 0 Å². The lowest BCUT2D eigenvalue weighted by Gasteiger charge is -2.00. The van der Waals surface area contributed by atoms with E-state index in [-0.39, 0.29) is 0 Å². The molecule has 0 saturated heterocycles. The molecule has 0 bridgehead atoms. The van der Waals surface area contributed by atoms with Crippen LogP contribution in [-0.4, -0.2) is 0 Å². The van der Waals surface area contributed by atoms with Gasteiger partial charge in [0.25, 0.3) is 0 Å². The van der Waals surface area contributed by atoms with Gasteiger partial charge >= 0.3 is 0 Å². The molecule has 0 nitrogen and oxygen atoms in total. The quantitative estimate of drug-likeness (QED) is 0.547. The number of hydrogen-bond acceptors (Lipinski definition) is 0. The number of unbranched alkanes of at least 4 members (excludes halogenated alkanes) is 3. The molecule has 0 aliphatic rings. The summed E-state index contributed by atoms with van der Waals surface area (Å²) in [5.41, 5.74) is 2.81. The lowest BCUT2D eigenvalue weighted by atomic mass is 10.1. The molecule has 0 aliphatic carbocycles. The van der Waals surface area contributed by atoms with Crippen LogP contribution in [0.5, 0.6) is 0 Å². The van der Waals surface area contributed by atoms with Crippen LogP contribution in [0.3, 0.4) is 0 Å². The topological polar surface area (TPSA) is 0 Å². The van der Waals surface area contributed by atoms with Crippen LogP contribution in [0.15, 0.2) is 30.3 Å². The summed E-state index contributed by atoms with van der Waals surface area (Å²) in [6.07, 6.45) is 12.2. The molecule has 1 rings (SSSR count). The van der Waals surface area contributed by atoms with Crippen LogP contribution >= 0.6 is 0 Å². The van der Waals surface area contributed by atoms with E-state index in [1.165, 1.54) is 49.7 Å². The number of benzene rings is 1. The molecule has 0 heteroatoms. The average Bonchev–Trinajstić information content (AvgIpc) is 2.30. The van der Waals surface area contributed by atoms with Crippen LogP contribution in [0, 0.1) is 0 Å². The largest absolute Gasteiger partial charge is 0.0839 e. The predicted molar refractivity (Wildman–Crippen MR) is 73.6 cm³/mol. The Bertz CT molecular complexity index is 310. The predicted octanol–water partition coefficient (Wildman–Crippen LogP) is 5.23. The average molecular weight is 216 g/mol. The van der Waals surface area contributed by atoms with Crippen molar-refractivity contribution in [1.82, 2.24) is 0 Å². The Balaban J connectivity index is 2.43. The first kappa shape index (κ1) is 13.0. The Labute approximate surface area is 100 Å². The van der Waals surface area contributed by atoms with Gasteiger partial charge in [-0.2, -0.15) is 0 Å². The van der Waals surface area contributed by atoms with Crippen molar-refractivity contribution in [2.45, 2.75) is 52.4 Å². The monoisotopic (exact) mass is 216 g/mol. The summed E-state index contributed by atoms with van der Waals surface area (Å²) in [4.78, 5) is 0. The second kappa shape index (κ2) is 8.15. The second-order valence-corrected chi connectivity index (χ2v) is 4.39. The lowest BCUT2D eigenvalue weighted by Crippen LogP contribution is -1.83. The van der Waals surface area contributed by atoms with Crippen LogP contribution in [0.4, 0.5) is 0 Å². The minimum Gasteiger partial charge on any atom is -0.0839 e. The number of hydrogen-bond donors (Lipinski definition) is 0. The number of aryl methyl sites for hydroxylation is 1. The maximum atomic E-state index is 2.31. The molecule has 88 valence electrons. The fourth-order valence-electron chi connectivity index (χ4n) is 1.87. The van der Waals surface area contributed by atoms with Crippen LogP contribution in [0.1, 0.15) is 57.1 Å². The summed E-state index contributed by atoms with van der Waals surface area (Å²) in [6, 6.07) is 8.88. The van der Waals surface area contributed by atoms with Gasteiger partial charge in [0.2, 0.25) is 0 Å². The third-order valence-electron chi connectivity index (χ3n) is 2.77. The number of allylic oxidation sites excluding steroid dienone is 1. The molecular weight excluding hydrogens is 192 g/mol. The zero-order chi connectivity index (χ0) is 11.6. The Kier molecular flexibility index (Phi) is 6.64. The first-order chi connectivity index (χ1) is 7.86. The van der Waals surface area contributed by atoms with Crippen LogP contribution in [0.2, 0.25) is 0 Å². The molecule has 1 aromatic rings. The Morgan fingerprint density at radius 3 is 2.69 bits per heavy atom. The maximum absolute atomic E-state index is 2.31. The summed E-state index contributed by atoms with van der Waals surface area (Å²) in [5, 5.41) is 0. The Morgan fingerprint density at radius 1 is 1.06 bits per heavy atom. The van der Waals surface area contributed by atoms with Crippen molar-refractivity contribution in [2.75, 3.05) is 0 Å². The van der Waals surface area contributed by atoms with Crippen molar-refractivity contribution < 1.29 is 0 Å². The SMILES string of the molecule is CCCCCC=Cc1cccc(CCC)c1. The third-order valence-corrected chi connectivity index (χ3v) is 2.77. The van der Waals surface area contributed by atoms with Gasteiger partial charge in [-0.3, -0.25) is 0 Å². The fraction of sp³-hybridized carbons (Fsp3) is 0.500. The molecule has 0 spiro atoms. The van der Waals surface area contributed by atoms with E-state index in [9.17, 15) is 0 Å². The normalized spacial score (nSPS) is 11.1. The zero-order valence-electron chi connectivity index (χ0n) is 10.7. The summed E-state index contributed by atoms with van der Waals surface area (Å²) >= 11 is 0. The smallest absolute Gasteiger partial charge is 0.0257 e. The van der Waals surface area contributed by atoms with Crippen molar-refractivity contribution in [2.24, 2.45) is 0 Å². The molecule has 16 heavy (non-hydrogen) atoms. The third kappa shape index (κ3) is 5.16. The van der Waals surface area contributed by atoms with Gasteiger partial charge in [-0.05, 0) is 30.4 Å². The molecule has 0 N–H and O–H groups in total. The molecule has 0 amide bonds. The molecule has 0 saturated carbocycles. The maximum Gasteiger partial charge on any atom is -0.0257 e. The molecule has 0 radical (unpaired) electrons. The number of rotatable bonds is 7. The first-order valence-electron chi connectivity index (χ1n) is 6.62. The van der Waals surface area contributed by atoms with Crippen LogP contribution in [0.25, 0.3) is 6.08 Å². The van der Waals surface area contributed by atoms with Crippen LogP contribution in [-0.2, 0) is 6.42 Å². The molecule has 1 aromatic carbocycles. The minimum absolute atomic E-state index is 1.19. The Morgan fingerprint density at radius 2 is 1.94 bits per heavy atom. The summed E-state index contributed by atoms with van der Waals surface area (Å²) in [7, 11) is 0. The summed E-state index contributed by atoms with van der Waals surface area (Å²) < 4.78 is 0. The molecule has 0 unspecified atom stereocenters. The fourth-order valence-corrected chi connectivity index (χ4v) is 1.87. The molecular formula is C16H24. The highest BCUT2D eigenvalue weighted by Gasteiger charge is 1.91. The first-order valence-corrected chi connectivity index (χ1v) is 6.62. The van der Waals surface area contributed by atoms with Crippen LogP contribution < -0.4 is 0 Å². The van der Waals surface area contributed by atoms with E-state index >= 15 is 0 Å². The lowest BCUT2D eigenvalue weighted by molar-refractivity contribution is 0.730. The molecule has 0 heterocycles. The van der Waals surface area contributed by atoms with E-state index in [1.807, 2.05) is 0 Å². The highest BCUT2D eigenvalue weighted by atomic mass is 14.0. The van der Waals surface area contributed by atoms with Crippen molar-refractivity contribution in [3.63, 3.8) is 0 Å². The van der Waals surface area contributed by atoms with E-state index in [4.69, 9.17) is 0 Å². The zero-order valence-corrected chi connectivity index (χ0v) is 10.7. The minimum atomic E-state index is 1.19. The van der Waals surface area contributed by atoms with Gasteiger partial charge in [0.1, 0.15) is 0 Å². The standard InChI is InChI=1S/C16H24/c1-3-5-6-7-8-11-16-13-9-12-15(14-16)10-4-2/h8-9,11-14H,3-7,10H2,1-2H3. The van der Waals surface area contributed by atoms with E-state index in [0.29, 0.717) is 0 Å². The van der Waals surface area contributed by atoms with Crippen molar-refractivity contribution in [3.8, 4) is 0 Å². The van der Waals surface area contributed by atoms with Crippen molar-refractivity contribution in [3.05, 3.63) is 41.5 Å². The summed E-state index contributed by atoms with van der Waals surface area (Å²) in [5.74, 6) is 0. The van der Waals surface area contributed by atoms with Crippen molar-refractivity contribution >= 4 is 6.08 Å². The molecule has 0 fully saturated rings. The van der Waals surface area contributed by atoms with E-state index in [0.717, 1.165) is 0 Å². The molecule has 0 aliphatic heterocycles. The van der Waals surface area contributed by atoms with E-state index in [2.05, 4.69) is 50.3 Å². The van der Waals surface area contributed by atoms with Gasteiger partial charge in [0.15, 0.2) is 0 Å². The van der Waals surface area contributed by atoms with Gasteiger partial charge in [0, 0.05) is 0 Å². The molecule has 0 atom stereocenters. The highest BCUT2D eigenvalue weighted by molar-refractivity contribution is 5.50. The van der Waals surface area contributed by atoms with Gasteiger partial charge < -0.3 is 0 Å². The second-order valence-electron chi connectivity index (χ2n) is 4.39. The van der Waals surface area contributed by atoms with E-state index in [1.54, 1.807) is 0 Å². The highest BCUT2D eigenvalue weighted by Crippen LogP contribution is 2.10. The summed E-state index contributed by atoms with van der Waals surface area (Å²) in [6.45, 7) is 4.48. The molecule has 0 aromatic heterocycles. The van der Waals surface area contributed by atoms with Gasteiger partial charge in [-0.25, -0.2) is 0 Å².